The summed E-state index contributed by atoms with van der Waals surface area (Å²) in [5.74, 6) is 0. The van der Waals surface area contributed by atoms with Crippen molar-refractivity contribution in [1.82, 2.24) is 10.2 Å². The molecule has 4 nitrogen and oxygen atoms in total. The number of carbonyl (C=O) groups excluding carboxylic acids is 1. The van der Waals surface area contributed by atoms with Crippen LogP contribution in [0.15, 0.2) is 30.3 Å². The number of carbonyl (C=O) groups is 1. The SMILES string of the molecule is CCN(CC)C(CNC(=O)OC)c1ccccc1. The molecule has 0 radical (unpaired) electrons. The van der Waals surface area contributed by atoms with E-state index in [0.29, 0.717) is 6.54 Å². The third-order valence-corrected chi connectivity index (χ3v) is 3.06. The van der Waals surface area contributed by atoms with Gasteiger partial charge in [-0.1, -0.05) is 44.2 Å². The Labute approximate surface area is 109 Å². The summed E-state index contributed by atoms with van der Waals surface area (Å²) in [6, 6.07) is 10.4. The molecule has 0 aliphatic heterocycles. The first-order chi connectivity index (χ1) is 8.72. The van der Waals surface area contributed by atoms with Crippen LogP contribution in [0.2, 0.25) is 0 Å². The Kier molecular flexibility index (Phi) is 6.22. The van der Waals surface area contributed by atoms with Crippen molar-refractivity contribution >= 4 is 6.09 Å². The number of hydrogen-bond acceptors (Lipinski definition) is 3. The Balaban J connectivity index is 2.78. The molecule has 0 fully saturated rings. The van der Waals surface area contributed by atoms with Gasteiger partial charge >= 0.3 is 6.09 Å². The van der Waals surface area contributed by atoms with Crippen LogP contribution in [0.1, 0.15) is 25.5 Å². The van der Waals surface area contributed by atoms with Crippen molar-refractivity contribution in [3.8, 4) is 0 Å². The van der Waals surface area contributed by atoms with Gasteiger partial charge in [0.05, 0.1) is 13.2 Å². The molecule has 1 rings (SSSR count). The van der Waals surface area contributed by atoms with E-state index < -0.39 is 0 Å². The Morgan fingerprint density at radius 2 is 1.89 bits per heavy atom. The highest BCUT2D eigenvalue weighted by Gasteiger charge is 2.18. The zero-order valence-electron chi connectivity index (χ0n) is 11.3. The van der Waals surface area contributed by atoms with Gasteiger partial charge in [-0.3, -0.25) is 4.90 Å². The minimum atomic E-state index is -0.386. The van der Waals surface area contributed by atoms with E-state index in [4.69, 9.17) is 0 Å². The molecule has 0 aliphatic carbocycles. The third kappa shape index (κ3) is 4.04. The first-order valence-electron chi connectivity index (χ1n) is 6.33. The molecule has 1 amide bonds. The fraction of sp³-hybridized carbons (Fsp3) is 0.500. The summed E-state index contributed by atoms with van der Waals surface area (Å²) in [5.41, 5.74) is 1.21. The molecule has 1 aromatic carbocycles. The molecule has 1 N–H and O–H groups in total. The molecule has 0 spiro atoms. The summed E-state index contributed by atoms with van der Waals surface area (Å²) in [6.45, 7) is 6.69. The maximum absolute atomic E-state index is 11.2. The molecule has 0 saturated carbocycles. The van der Waals surface area contributed by atoms with Crippen molar-refractivity contribution in [3.05, 3.63) is 35.9 Å². The minimum Gasteiger partial charge on any atom is -0.453 e. The van der Waals surface area contributed by atoms with Crippen molar-refractivity contribution in [3.63, 3.8) is 0 Å². The first-order valence-corrected chi connectivity index (χ1v) is 6.33. The van der Waals surface area contributed by atoms with Gasteiger partial charge in [0.1, 0.15) is 0 Å². The highest BCUT2D eigenvalue weighted by Crippen LogP contribution is 2.19. The highest BCUT2D eigenvalue weighted by atomic mass is 16.5. The average Bonchev–Trinajstić information content (AvgIpc) is 2.44. The predicted octanol–water partition coefficient (Wildman–Crippen LogP) is 2.43. The number of likely N-dealkylation sites (N-methyl/N-ethyl adjacent to an activating group) is 1. The van der Waals surface area contributed by atoms with Gasteiger partial charge in [-0.2, -0.15) is 0 Å². The lowest BCUT2D eigenvalue weighted by Gasteiger charge is -2.30. The van der Waals surface area contributed by atoms with Gasteiger partial charge in [0.15, 0.2) is 0 Å². The van der Waals surface area contributed by atoms with Gasteiger partial charge in [-0.25, -0.2) is 4.79 Å². The van der Waals surface area contributed by atoms with E-state index in [1.165, 1.54) is 12.7 Å². The molecule has 1 unspecified atom stereocenters. The van der Waals surface area contributed by atoms with E-state index in [1.807, 2.05) is 18.2 Å². The molecule has 0 aromatic heterocycles. The zero-order valence-corrected chi connectivity index (χ0v) is 11.3. The fourth-order valence-corrected chi connectivity index (χ4v) is 2.05. The number of hydrogen-bond donors (Lipinski definition) is 1. The molecular formula is C14H22N2O2. The summed E-state index contributed by atoms with van der Waals surface area (Å²) < 4.78 is 4.61. The topological polar surface area (TPSA) is 41.6 Å². The lowest BCUT2D eigenvalue weighted by Crippen LogP contribution is -2.38. The van der Waals surface area contributed by atoms with E-state index in [9.17, 15) is 4.79 Å². The van der Waals surface area contributed by atoms with Crippen LogP contribution >= 0.6 is 0 Å². The number of methoxy groups -OCH3 is 1. The second-order valence-electron chi connectivity index (χ2n) is 4.02. The summed E-state index contributed by atoms with van der Waals surface area (Å²) in [7, 11) is 1.38. The maximum atomic E-state index is 11.2. The van der Waals surface area contributed by atoms with E-state index in [0.717, 1.165) is 13.1 Å². The normalized spacial score (nSPS) is 12.2. The zero-order chi connectivity index (χ0) is 13.4. The van der Waals surface area contributed by atoms with Gasteiger partial charge in [0.2, 0.25) is 0 Å². The second kappa shape index (κ2) is 7.71. The molecule has 0 saturated heterocycles. The van der Waals surface area contributed by atoms with Gasteiger partial charge in [0.25, 0.3) is 0 Å². The molecule has 18 heavy (non-hydrogen) atoms. The molecule has 0 heterocycles. The number of benzene rings is 1. The Morgan fingerprint density at radius 3 is 2.39 bits per heavy atom. The Bertz CT molecular complexity index is 350. The van der Waals surface area contributed by atoms with Crippen molar-refractivity contribution in [1.29, 1.82) is 0 Å². The van der Waals surface area contributed by atoms with E-state index in [-0.39, 0.29) is 12.1 Å². The maximum Gasteiger partial charge on any atom is 0.406 e. The number of nitrogens with zero attached hydrogens (tertiary/aromatic N) is 1. The van der Waals surface area contributed by atoms with Crippen LogP contribution in [0, 0.1) is 0 Å². The van der Waals surface area contributed by atoms with Gasteiger partial charge in [-0.05, 0) is 18.7 Å². The molecule has 0 aliphatic rings. The van der Waals surface area contributed by atoms with Crippen molar-refractivity contribution in [2.45, 2.75) is 19.9 Å². The summed E-state index contributed by atoms with van der Waals surface area (Å²) in [4.78, 5) is 13.5. The van der Waals surface area contributed by atoms with Gasteiger partial charge in [-0.15, -0.1) is 0 Å². The molecule has 1 aromatic rings. The number of amides is 1. The molecular weight excluding hydrogens is 228 g/mol. The monoisotopic (exact) mass is 250 g/mol. The van der Waals surface area contributed by atoms with Crippen molar-refractivity contribution < 1.29 is 9.53 Å². The minimum absolute atomic E-state index is 0.181. The van der Waals surface area contributed by atoms with Gasteiger partial charge < -0.3 is 10.1 Å². The predicted molar refractivity (Wildman–Crippen MR) is 72.5 cm³/mol. The molecule has 100 valence electrons. The Morgan fingerprint density at radius 1 is 1.28 bits per heavy atom. The summed E-state index contributed by atoms with van der Waals surface area (Å²) >= 11 is 0. The van der Waals surface area contributed by atoms with Crippen molar-refractivity contribution in [2.75, 3.05) is 26.7 Å². The standard InChI is InChI=1S/C14H22N2O2/c1-4-16(5-2)13(11-15-14(17)18-3)12-9-7-6-8-10-12/h6-10,13H,4-5,11H2,1-3H3,(H,15,17). The highest BCUT2D eigenvalue weighted by molar-refractivity contribution is 5.66. The molecule has 0 bridgehead atoms. The second-order valence-corrected chi connectivity index (χ2v) is 4.02. The third-order valence-electron chi connectivity index (χ3n) is 3.06. The quantitative estimate of drug-likeness (QED) is 0.843. The Hall–Kier alpha value is -1.55. The van der Waals surface area contributed by atoms with Crippen molar-refractivity contribution in [2.24, 2.45) is 0 Å². The summed E-state index contributed by atoms with van der Waals surface area (Å²) in [5, 5.41) is 2.78. The van der Waals surface area contributed by atoms with E-state index in [1.54, 1.807) is 0 Å². The lowest BCUT2D eigenvalue weighted by molar-refractivity contribution is 0.160. The van der Waals surface area contributed by atoms with Crippen LogP contribution in [-0.4, -0.2) is 37.7 Å². The fourth-order valence-electron chi connectivity index (χ4n) is 2.05. The summed E-state index contributed by atoms with van der Waals surface area (Å²) in [6.07, 6.45) is -0.386. The van der Waals surface area contributed by atoms with Crippen LogP contribution < -0.4 is 5.32 Å². The van der Waals surface area contributed by atoms with Crippen LogP contribution in [0.5, 0.6) is 0 Å². The molecule has 4 heteroatoms. The number of nitrogens with one attached hydrogen (secondary N) is 1. The van der Waals surface area contributed by atoms with Crippen LogP contribution in [0.3, 0.4) is 0 Å². The largest absolute Gasteiger partial charge is 0.453 e. The smallest absolute Gasteiger partial charge is 0.406 e. The number of rotatable bonds is 6. The average molecular weight is 250 g/mol. The first kappa shape index (κ1) is 14.5. The van der Waals surface area contributed by atoms with Crippen LogP contribution in [0.25, 0.3) is 0 Å². The molecule has 1 atom stereocenters. The number of ether oxygens (including phenoxy) is 1. The van der Waals surface area contributed by atoms with Crippen LogP contribution in [0.4, 0.5) is 4.79 Å². The van der Waals surface area contributed by atoms with E-state index in [2.05, 4.69) is 40.9 Å². The van der Waals surface area contributed by atoms with Crippen LogP contribution in [-0.2, 0) is 4.74 Å². The number of alkyl carbamates (subject to hydrolysis) is 1. The van der Waals surface area contributed by atoms with E-state index >= 15 is 0 Å². The van der Waals surface area contributed by atoms with Gasteiger partial charge in [0, 0.05) is 6.54 Å². The lowest BCUT2D eigenvalue weighted by atomic mass is 10.1.